The summed E-state index contributed by atoms with van der Waals surface area (Å²) in [5.74, 6) is -1.86. The third kappa shape index (κ3) is 3.31. The van der Waals surface area contributed by atoms with Crippen molar-refractivity contribution >= 4 is 23.6 Å². The molecule has 1 amide bonds. The molecule has 5 nitrogen and oxygen atoms in total. The van der Waals surface area contributed by atoms with Gasteiger partial charge in [-0.3, -0.25) is 9.59 Å². The van der Waals surface area contributed by atoms with Crippen LogP contribution in [0.2, 0.25) is 0 Å². The molecule has 0 bridgehead atoms. The fourth-order valence-electron chi connectivity index (χ4n) is 2.33. The van der Waals surface area contributed by atoms with Gasteiger partial charge in [-0.15, -0.1) is 11.8 Å². The molecule has 3 atom stereocenters. The number of carbonyl (C=O) groups is 2. The van der Waals surface area contributed by atoms with Crippen LogP contribution < -0.4 is 5.32 Å². The zero-order valence-electron chi connectivity index (χ0n) is 10.7. The van der Waals surface area contributed by atoms with Crippen molar-refractivity contribution in [2.24, 2.45) is 5.92 Å². The number of thioether (sulfide) groups is 1. The Morgan fingerprint density at radius 1 is 1.45 bits per heavy atom. The Morgan fingerprint density at radius 2 is 2.15 bits per heavy atom. The molecule has 0 aliphatic carbocycles. The van der Waals surface area contributed by atoms with Crippen molar-refractivity contribution in [2.75, 3.05) is 5.75 Å². The lowest BCUT2D eigenvalue weighted by atomic mass is 9.81. The van der Waals surface area contributed by atoms with Gasteiger partial charge in [0.2, 0.25) is 5.91 Å². The number of piperidine rings is 1. The van der Waals surface area contributed by atoms with Crippen molar-refractivity contribution < 1.29 is 14.7 Å². The van der Waals surface area contributed by atoms with Gasteiger partial charge in [-0.1, -0.05) is 30.3 Å². The van der Waals surface area contributed by atoms with Gasteiger partial charge in [0.25, 0.3) is 0 Å². The minimum Gasteiger partial charge on any atom is -0.481 e. The zero-order chi connectivity index (χ0) is 14.5. The second kappa shape index (κ2) is 6.44. The van der Waals surface area contributed by atoms with E-state index in [1.165, 1.54) is 0 Å². The minimum absolute atomic E-state index is 0.134. The molecule has 0 aromatic heterocycles. The molecule has 1 saturated heterocycles. The number of carboxylic acids is 1. The molecule has 2 rings (SSSR count). The smallest absolute Gasteiger partial charge is 0.313 e. The van der Waals surface area contributed by atoms with Crippen LogP contribution in [0, 0.1) is 17.2 Å². The summed E-state index contributed by atoms with van der Waals surface area (Å²) in [5, 5.41) is 20.3. The molecule has 1 fully saturated rings. The van der Waals surface area contributed by atoms with Gasteiger partial charge in [0, 0.05) is 12.3 Å². The highest BCUT2D eigenvalue weighted by atomic mass is 32.2. The first-order valence-corrected chi connectivity index (χ1v) is 7.24. The maximum atomic E-state index is 11.8. The fraction of sp³-hybridized carbons (Fsp3) is 0.357. The predicted octanol–water partition coefficient (Wildman–Crippen LogP) is 1.57. The summed E-state index contributed by atoms with van der Waals surface area (Å²) in [6, 6.07) is 11.6. The van der Waals surface area contributed by atoms with E-state index >= 15 is 0 Å². The van der Waals surface area contributed by atoms with Gasteiger partial charge in [-0.05, 0) is 5.56 Å². The van der Waals surface area contributed by atoms with Crippen molar-refractivity contribution in [3.63, 3.8) is 0 Å². The Bertz CT molecular complexity index is 541. The normalized spacial score (nSPS) is 25.6. The predicted molar refractivity (Wildman–Crippen MR) is 74.9 cm³/mol. The summed E-state index contributed by atoms with van der Waals surface area (Å²) in [6.07, 6.45) is 0.256. The zero-order valence-corrected chi connectivity index (χ0v) is 11.5. The Morgan fingerprint density at radius 3 is 2.75 bits per heavy atom. The number of hydrogen-bond donors (Lipinski definition) is 2. The summed E-state index contributed by atoms with van der Waals surface area (Å²) in [4.78, 5) is 22.4. The molecule has 1 aliphatic heterocycles. The van der Waals surface area contributed by atoms with Crippen LogP contribution in [-0.2, 0) is 9.59 Å². The van der Waals surface area contributed by atoms with Crippen LogP contribution in [0.15, 0.2) is 30.3 Å². The summed E-state index contributed by atoms with van der Waals surface area (Å²) in [5.41, 5.74) is 0.940. The van der Waals surface area contributed by atoms with Crippen LogP contribution in [0.4, 0.5) is 0 Å². The minimum atomic E-state index is -0.956. The topological polar surface area (TPSA) is 90.2 Å². The van der Waals surface area contributed by atoms with E-state index in [9.17, 15) is 14.9 Å². The Labute approximate surface area is 121 Å². The number of nitrogens with one attached hydrogen (secondary N) is 1. The van der Waals surface area contributed by atoms with Crippen molar-refractivity contribution in [3.8, 4) is 6.07 Å². The summed E-state index contributed by atoms with van der Waals surface area (Å²) in [7, 11) is 0. The lowest BCUT2D eigenvalue weighted by Gasteiger charge is -2.34. The van der Waals surface area contributed by atoms with Gasteiger partial charge in [-0.2, -0.15) is 5.26 Å². The second-order valence-corrected chi connectivity index (χ2v) is 5.70. The number of hydrogen-bond acceptors (Lipinski definition) is 4. The first-order chi connectivity index (χ1) is 9.61. The first-order valence-electron chi connectivity index (χ1n) is 6.19. The van der Waals surface area contributed by atoms with E-state index in [1.54, 1.807) is 0 Å². The Balaban J connectivity index is 2.21. The molecule has 6 heteroatoms. The molecular weight excluding hydrogens is 276 g/mol. The molecule has 3 unspecified atom stereocenters. The SMILES string of the molecule is N#CC1C(SCC(=O)O)NC(=O)CC1c1ccccc1. The van der Waals surface area contributed by atoms with E-state index in [2.05, 4.69) is 11.4 Å². The van der Waals surface area contributed by atoms with Crippen LogP contribution in [-0.4, -0.2) is 28.1 Å². The molecule has 0 saturated carbocycles. The van der Waals surface area contributed by atoms with Gasteiger partial charge >= 0.3 is 5.97 Å². The van der Waals surface area contributed by atoms with E-state index in [4.69, 9.17) is 5.11 Å². The monoisotopic (exact) mass is 290 g/mol. The van der Waals surface area contributed by atoms with Crippen LogP contribution in [0.25, 0.3) is 0 Å². The summed E-state index contributed by atoms with van der Waals surface area (Å²) >= 11 is 1.09. The third-order valence-electron chi connectivity index (χ3n) is 3.23. The van der Waals surface area contributed by atoms with Crippen molar-refractivity contribution in [1.82, 2.24) is 5.32 Å². The number of rotatable bonds is 4. The molecule has 20 heavy (non-hydrogen) atoms. The highest BCUT2D eigenvalue weighted by Gasteiger charge is 2.38. The Kier molecular flexibility index (Phi) is 4.64. The number of amides is 1. The average molecular weight is 290 g/mol. The molecule has 0 radical (unpaired) electrons. The van der Waals surface area contributed by atoms with Crippen LogP contribution >= 0.6 is 11.8 Å². The molecule has 1 aromatic rings. The van der Waals surface area contributed by atoms with E-state index in [0.717, 1.165) is 17.3 Å². The molecule has 0 spiro atoms. The molecule has 1 heterocycles. The largest absolute Gasteiger partial charge is 0.481 e. The first kappa shape index (κ1) is 14.4. The van der Waals surface area contributed by atoms with Crippen molar-refractivity contribution in [1.29, 1.82) is 5.26 Å². The highest BCUT2D eigenvalue weighted by Crippen LogP contribution is 2.37. The number of nitriles is 1. The molecular formula is C14H14N2O3S. The van der Waals surface area contributed by atoms with Crippen LogP contribution in [0.5, 0.6) is 0 Å². The lowest BCUT2D eigenvalue weighted by Crippen LogP contribution is -2.46. The van der Waals surface area contributed by atoms with Crippen LogP contribution in [0.1, 0.15) is 17.9 Å². The quantitative estimate of drug-likeness (QED) is 0.878. The van der Waals surface area contributed by atoms with E-state index in [0.29, 0.717) is 0 Å². The van der Waals surface area contributed by atoms with Gasteiger partial charge in [0.1, 0.15) is 0 Å². The number of aliphatic carboxylic acids is 1. The molecule has 1 aliphatic rings. The summed E-state index contributed by atoms with van der Waals surface area (Å²) in [6.45, 7) is 0. The number of nitrogens with zero attached hydrogens (tertiary/aromatic N) is 1. The van der Waals surface area contributed by atoms with Gasteiger partial charge in [0.05, 0.1) is 23.1 Å². The average Bonchev–Trinajstić information content (AvgIpc) is 2.45. The van der Waals surface area contributed by atoms with Gasteiger partial charge < -0.3 is 10.4 Å². The lowest BCUT2D eigenvalue weighted by molar-refractivity contribution is -0.134. The van der Waals surface area contributed by atoms with Crippen molar-refractivity contribution in [2.45, 2.75) is 17.7 Å². The fourth-order valence-corrected chi connectivity index (χ4v) is 3.33. The van der Waals surface area contributed by atoms with E-state index in [-0.39, 0.29) is 24.0 Å². The van der Waals surface area contributed by atoms with Crippen LogP contribution in [0.3, 0.4) is 0 Å². The molecule has 2 N–H and O–H groups in total. The van der Waals surface area contributed by atoms with Gasteiger partial charge in [-0.25, -0.2) is 0 Å². The molecule has 104 valence electrons. The maximum Gasteiger partial charge on any atom is 0.313 e. The van der Waals surface area contributed by atoms with E-state index < -0.39 is 17.3 Å². The highest BCUT2D eigenvalue weighted by molar-refractivity contribution is 8.00. The Hall–Kier alpha value is -2.00. The number of benzene rings is 1. The van der Waals surface area contributed by atoms with Crippen molar-refractivity contribution in [3.05, 3.63) is 35.9 Å². The summed E-state index contributed by atoms with van der Waals surface area (Å²) < 4.78 is 0. The standard InChI is InChI=1S/C14H14N2O3S/c15-7-11-10(9-4-2-1-3-5-9)6-12(17)16-14(11)20-8-13(18)19/h1-5,10-11,14H,6,8H2,(H,16,17)(H,18,19). The number of carboxylic acid groups (broad SMARTS) is 1. The third-order valence-corrected chi connectivity index (χ3v) is 4.42. The maximum absolute atomic E-state index is 11.8. The molecule has 1 aromatic carbocycles. The van der Waals surface area contributed by atoms with E-state index in [1.807, 2.05) is 30.3 Å². The number of carbonyl (C=O) groups excluding carboxylic acids is 1. The second-order valence-electron chi connectivity index (χ2n) is 4.57. The van der Waals surface area contributed by atoms with Gasteiger partial charge in [0.15, 0.2) is 0 Å².